The van der Waals surface area contributed by atoms with Crippen molar-refractivity contribution in [3.05, 3.63) is 41.5 Å². The average molecular weight is 354 g/mol. The third kappa shape index (κ3) is 2.76. The maximum absolute atomic E-state index is 10.9. The zero-order chi connectivity index (χ0) is 18.5. The molecule has 0 amide bonds. The highest BCUT2D eigenvalue weighted by molar-refractivity contribution is 5.66. The van der Waals surface area contributed by atoms with E-state index in [4.69, 9.17) is 5.11 Å². The Balaban J connectivity index is 1.61. The Bertz CT molecular complexity index is 737. The number of phenols is 1. The molecule has 140 valence electrons. The van der Waals surface area contributed by atoms with Gasteiger partial charge >= 0.3 is 5.97 Å². The van der Waals surface area contributed by atoms with Crippen LogP contribution in [0.25, 0.3) is 0 Å². The smallest absolute Gasteiger partial charge is 0.303 e. The van der Waals surface area contributed by atoms with Gasteiger partial charge in [0.2, 0.25) is 0 Å². The van der Waals surface area contributed by atoms with E-state index < -0.39 is 5.97 Å². The lowest BCUT2D eigenvalue weighted by Gasteiger charge is -2.51. The highest BCUT2D eigenvalue weighted by Crippen LogP contribution is 2.65. The van der Waals surface area contributed by atoms with E-state index >= 15 is 0 Å². The standard InChI is InChI=1S/C23H30O3/c1-14-12-16(4-3-5-21(25)26)22-20-8-6-15-13-17(24)7-9-18(15)19(20)10-11-23(14,22)2/h7,9,13,16,19-20,22,24H,1,3-6,8,10-12H2,2H3,(H,25,26)/t16-,19+,20+,22-,23+/m0/s1. The number of carbonyl (C=O) groups is 1. The van der Waals surface area contributed by atoms with Gasteiger partial charge in [-0.1, -0.05) is 25.1 Å². The van der Waals surface area contributed by atoms with Gasteiger partial charge in [0, 0.05) is 6.42 Å². The van der Waals surface area contributed by atoms with Gasteiger partial charge in [-0.3, -0.25) is 4.79 Å². The van der Waals surface area contributed by atoms with Gasteiger partial charge in [-0.05, 0) is 97.3 Å². The molecule has 0 aliphatic heterocycles. The highest BCUT2D eigenvalue weighted by Gasteiger charge is 2.55. The molecule has 3 aliphatic rings. The molecule has 0 heterocycles. The van der Waals surface area contributed by atoms with Crippen LogP contribution >= 0.6 is 0 Å². The van der Waals surface area contributed by atoms with Crippen molar-refractivity contribution < 1.29 is 15.0 Å². The molecule has 3 aliphatic carbocycles. The number of fused-ring (bicyclic) bond motifs is 5. The quantitative estimate of drug-likeness (QED) is 0.723. The number of aliphatic carboxylic acids is 1. The van der Waals surface area contributed by atoms with E-state index in [2.05, 4.69) is 19.6 Å². The van der Waals surface area contributed by atoms with Gasteiger partial charge in [0.1, 0.15) is 5.75 Å². The minimum absolute atomic E-state index is 0.226. The summed E-state index contributed by atoms with van der Waals surface area (Å²) in [5.74, 6) is 2.16. The first-order valence-corrected chi connectivity index (χ1v) is 10.1. The molecular formula is C23H30O3. The molecule has 1 aromatic carbocycles. The fourth-order valence-corrected chi connectivity index (χ4v) is 6.57. The number of aromatic hydroxyl groups is 1. The van der Waals surface area contributed by atoms with Crippen molar-refractivity contribution in [3.63, 3.8) is 0 Å². The minimum atomic E-state index is -0.683. The van der Waals surface area contributed by atoms with Gasteiger partial charge < -0.3 is 10.2 Å². The molecule has 4 rings (SSSR count). The van der Waals surface area contributed by atoms with Crippen molar-refractivity contribution in [3.8, 4) is 5.75 Å². The van der Waals surface area contributed by atoms with Crippen LogP contribution < -0.4 is 0 Å². The molecular weight excluding hydrogens is 324 g/mol. The Morgan fingerprint density at radius 1 is 1.35 bits per heavy atom. The van der Waals surface area contributed by atoms with Gasteiger partial charge in [0.05, 0.1) is 0 Å². The summed E-state index contributed by atoms with van der Waals surface area (Å²) in [6.07, 6.45) is 7.77. The van der Waals surface area contributed by atoms with E-state index in [0.29, 0.717) is 29.4 Å². The van der Waals surface area contributed by atoms with Gasteiger partial charge in [0.25, 0.3) is 0 Å². The lowest BCUT2D eigenvalue weighted by molar-refractivity contribution is -0.137. The molecule has 0 radical (unpaired) electrons. The largest absolute Gasteiger partial charge is 0.508 e. The van der Waals surface area contributed by atoms with E-state index in [-0.39, 0.29) is 11.8 Å². The number of benzene rings is 1. The van der Waals surface area contributed by atoms with E-state index in [1.165, 1.54) is 36.0 Å². The number of hydrogen-bond acceptors (Lipinski definition) is 2. The highest BCUT2D eigenvalue weighted by atomic mass is 16.4. The summed E-state index contributed by atoms with van der Waals surface area (Å²) >= 11 is 0. The molecule has 0 spiro atoms. The van der Waals surface area contributed by atoms with Crippen LogP contribution in [0.3, 0.4) is 0 Å². The molecule has 0 bridgehead atoms. The topological polar surface area (TPSA) is 57.5 Å². The number of hydrogen-bond donors (Lipinski definition) is 2. The fraction of sp³-hybridized carbons (Fsp3) is 0.609. The predicted octanol–water partition coefficient (Wildman–Crippen LogP) is 5.29. The van der Waals surface area contributed by atoms with Crippen molar-refractivity contribution >= 4 is 5.97 Å². The molecule has 2 saturated carbocycles. The van der Waals surface area contributed by atoms with Crippen LogP contribution in [-0.4, -0.2) is 16.2 Å². The maximum atomic E-state index is 10.9. The van der Waals surface area contributed by atoms with Crippen molar-refractivity contribution in [2.24, 2.45) is 23.2 Å². The summed E-state index contributed by atoms with van der Waals surface area (Å²) in [4.78, 5) is 10.9. The first-order chi connectivity index (χ1) is 12.4. The summed E-state index contributed by atoms with van der Waals surface area (Å²) in [5.41, 5.74) is 4.40. The van der Waals surface area contributed by atoms with Crippen molar-refractivity contribution in [1.82, 2.24) is 0 Å². The lowest BCUT2D eigenvalue weighted by Crippen LogP contribution is -2.42. The van der Waals surface area contributed by atoms with E-state index in [0.717, 1.165) is 25.7 Å². The lowest BCUT2D eigenvalue weighted by atomic mass is 9.53. The second kappa shape index (κ2) is 6.44. The molecule has 26 heavy (non-hydrogen) atoms. The van der Waals surface area contributed by atoms with Crippen molar-refractivity contribution in [2.75, 3.05) is 0 Å². The number of allylic oxidation sites excluding steroid dienone is 1. The van der Waals surface area contributed by atoms with Crippen LogP contribution in [0.4, 0.5) is 0 Å². The van der Waals surface area contributed by atoms with Gasteiger partial charge in [-0.2, -0.15) is 0 Å². The van der Waals surface area contributed by atoms with Gasteiger partial charge in [-0.25, -0.2) is 0 Å². The molecule has 0 unspecified atom stereocenters. The Morgan fingerprint density at radius 3 is 2.92 bits per heavy atom. The minimum Gasteiger partial charge on any atom is -0.508 e. The molecule has 1 aromatic rings. The van der Waals surface area contributed by atoms with Crippen LogP contribution in [0.5, 0.6) is 5.75 Å². The summed E-state index contributed by atoms with van der Waals surface area (Å²) in [6, 6.07) is 5.94. The van der Waals surface area contributed by atoms with E-state index in [9.17, 15) is 9.90 Å². The van der Waals surface area contributed by atoms with Gasteiger partial charge in [0.15, 0.2) is 0 Å². The Hall–Kier alpha value is -1.77. The number of carboxylic acids is 1. The number of aryl methyl sites for hydroxylation is 1. The Labute approximate surface area is 156 Å². The van der Waals surface area contributed by atoms with Crippen molar-refractivity contribution in [1.29, 1.82) is 0 Å². The summed E-state index contributed by atoms with van der Waals surface area (Å²) in [7, 11) is 0. The molecule has 2 fully saturated rings. The Morgan fingerprint density at radius 2 is 2.15 bits per heavy atom. The van der Waals surface area contributed by atoms with E-state index in [1.54, 1.807) is 0 Å². The molecule has 2 N–H and O–H groups in total. The molecule has 3 nitrogen and oxygen atoms in total. The van der Waals surface area contributed by atoms with E-state index in [1.807, 2.05) is 12.1 Å². The monoisotopic (exact) mass is 354 g/mol. The maximum Gasteiger partial charge on any atom is 0.303 e. The summed E-state index contributed by atoms with van der Waals surface area (Å²) < 4.78 is 0. The molecule has 3 heteroatoms. The summed E-state index contributed by atoms with van der Waals surface area (Å²) in [5, 5.41) is 18.8. The number of phenolic OH excluding ortho intramolecular Hbond substituents is 1. The molecule has 5 atom stereocenters. The third-order valence-corrected chi connectivity index (χ3v) is 7.75. The zero-order valence-electron chi connectivity index (χ0n) is 15.7. The van der Waals surface area contributed by atoms with Crippen LogP contribution in [0.2, 0.25) is 0 Å². The van der Waals surface area contributed by atoms with Crippen LogP contribution in [0, 0.1) is 23.2 Å². The van der Waals surface area contributed by atoms with Crippen LogP contribution in [0.15, 0.2) is 30.4 Å². The molecule has 0 saturated heterocycles. The van der Waals surface area contributed by atoms with Crippen LogP contribution in [0.1, 0.15) is 68.9 Å². The average Bonchev–Trinajstić information content (AvgIpc) is 2.85. The number of rotatable bonds is 4. The zero-order valence-corrected chi connectivity index (χ0v) is 15.7. The van der Waals surface area contributed by atoms with Crippen molar-refractivity contribution in [2.45, 2.75) is 64.2 Å². The summed E-state index contributed by atoms with van der Waals surface area (Å²) in [6.45, 7) is 6.86. The second-order valence-electron chi connectivity index (χ2n) is 9.03. The number of carboxylic acid groups (broad SMARTS) is 1. The first-order valence-electron chi connectivity index (χ1n) is 10.1. The fourth-order valence-electron chi connectivity index (χ4n) is 6.57. The predicted molar refractivity (Wildman–Crippen MR) is 102 cm³/mol. The normalized spacial score (nSPS) is 35.5. The SMILES string of the molecule is C=C1C[C@H](CCCC(=O)O)[C@H]2[C@@H]3CCc4cc(O)ccc4[C@H]3CC[C@]12C. The molecule has 0 aromatic heterocycles. The Kier molecular flexibility index (Phi) is 4.37. The third-order valence-electron chi connectivity index (χ3n) is 7.75. The second-order valence-corrected chi connectivity index (χ2v) is 9.03. The van der Waals surface area contributed by atoms with Crippen LogP contribution in [-0.2, 0) is 11.2 Å². The van der Waals surface area contributed by atoms with Gasteiger partial charge in [-0.15, -0.1) is 0 Å². The first kappa shape index (κ1) is 17.6.